The molecular formula is C20H26N4O4. The van der Waals surface area contributed by atoms with Gasteiger partial charge in [-0.3, -0.25) is 19.7 Å². The van der Waals surface area contributed by atoms with Gasteiger partial charge in [0.2, 0.25) is 5.91 Å². The van der Waals surface area contributed by atoms with E-state index in [0.29, 0.717) is 42.5 Å². The van der Waals surface area contributed by atoms with Crippen molar-refractivity contribution < 1.29 is 14.5 Å². The lowest BCUT2D eigenvalue weighted by Gasteiger charge is -2.28. The number of fused-ring (bicyclic) bond motifs is 1. The second-order valence-electron chi connectivity index (χ2n) is 8.32. The summed E-state index contributed by atoms with van der Waals surface area (Å²) in [5.41, 5.74) is 7.01. The Labute approximate surface area is 163 Å². The molecule has 2 heterocycles. The molecule has 1 aromatic carbocycles. The molecule has 8 nitrogen and oxygen atoms in total. The van der Waals surface area contributed by atoms with Gasteiger partial charge >= 0.3 is 0 Å². The molecule has 2 saturated heterocycles. The van der Waals surface area contributed by atoms with E-state index in [1.807, 2.05) is 4.90 Å². The van der Waals surface area contributed by atoms with Gasteiger partial charge < -0.3 is 15.5 Å². The summed E-state index contributed by atoms with van der Waals surface area (Å²) < 4.78 is 0. The van der Waals surface area contributed by atoms with Crippen LogP contribution in [-0.4, -0.2) is 58.3 Å². The Balaban J connectivity index is 1.49. The monoisotopic (exact) mass is 386 g/mol. The van der Waals surface area contributed by atoms with Crippen molar-refractivity contribution in [1.82, 2.24) is 9.80 Å². The third kappa shape index (κ3) is 3.15. The summed E-state index contributed by atoms with van der Waals surface area (Å²) in [7, 11) is 0. The van der Waals surface area contributed by atoms with E-state index in [1.54, 1.807) is 17.9 Å². The molecule has 1 aromatic rings. The van der Waals surface area contributed by atoms with Crippen molar-refractivity contribution in [2.45, 2.75) is 44.7 Å². The summed E-state index contributed by atoms with van der Waals surface area (Å²) in [4.78, 5) is 40.2. The molecule has 4 unspecified atom stereocenters. The minimum Gasteiger partial charge on any atom is -0.340 e. The summed E-state index contributed by atoms with van der Waals surface area (Å²) in [6.07, 6.45) is 3.55. The second kappa shape index (κ2) is 7.16. The fourth-order valence-electron chi connectivity index (χ4n) is 5.12. The third-order valence-corrected chi connectivity index (χ3v) is 6.66. The lowest BCUT2D eigenvalue weighted by Crippen LogP contribution is -2.47. The van der Waals surface area contributed by atoms with Crippen LogP contribution in [0.15, 0.2) is 18.2 Å². The van der Waals surface area contributed by atoms with Crippen LogP contribution in [0.3, 0.4) is 0 Å². The van der Waals surface area contributed by atoms with Crippen LogP contribution in [0, 0.1) is 28.9 Å². The second-order valence-corrected chi connectivity index (χ2v) is 8.32. The highest BCUT2D eigenvalue weighted by molar-refractivity contribution is 5.98. The molecule has 8 heteroatoms. The lowest BCUT2D eigenvalue weighted by atomic mass is 9.98. The number of rotatable bonds is 3. The first kappa shape index (κ1) is 18.9. The van der Waals surface area contributed by atoms with Crippen LogP contribution in [0.5, 0.6) is 0 Å². The predicted octanol–water partition coefficient (Wildman–Crippen LogP) is 1.70. The summed E-state index contributed by atoms with van der Waals surface area (Å²) >= 11 is 0. The summed E-state index contributed by atoms with van der Waals surface area (Å²) in [5.74, 6) is 0.657. The van der Waals surface area contributed by atoms with Gasteiger partial charge in [0.1, 0.15) is 6.04 Å². The van der Waals surface area contributed by atoms with Gasteiger partial charge in [-0.1, -0.05) is 0 Å². The van der Waals surface area contributed by atoms with E-state index >= 15 is 0 Å². The van der Waals surface area contributed by atoms with Crippen LogP contribution >= 0.6 is 0 Å². The van der Waals surface area contributed by atoms with Crippen molar-refractivity contribution >= 4 is 17.5 Å². The summed E-state index contributed by atoms with van der Waals surface area (Å²) in [6, 6.07) is 4.11. The normalized spacial score (nSPS) is 29.2. The van der Waals surface area contributed by atoms with E-state index in [9.17, 15) is 19.7 Å². The minimum atomic E-state index is -0.458. The Morgan fingerprint density at radius 2 is 2.00 bits per heavy atom. The van der Waals surface area contributed by atoms with Gasteiger partial charge in [0, 0.05) is 42.9 Å². The highest BCUT2D eigenvalue weighted by atomic mass is 16.6. The van der Waals surface area contributed by atoms with Crippen molar-refractivity contribution in [2.75, 3.05) is 19.6 Å². The summed E-state index contributed by atoms with van der Waals surface area (Å²) in [6.45, 7) is 3.59. The maximum absolute atomic E-state index is 13.1. The maximum atomic E-state index is 13.1. The first-order chi connectivity index (χ1) is 13.4. The third-order valence-electron chi connectivity index (χ3n) is 6.66. The van der Waals surface area contributed by atoms with Gasteiger partial charge in [-0.25, -0.2) is 0 Å². The number of nitro benzene ring substituents is 1. The van der Waals surface area contributed by atoms with Crippen molar-refractivity contribution in [1.29, 1.82) is 0 Å². The zero-order chi connectivity index (χ0) is 20.0. The van der Waals surface area contributed by atoms with E-state index < -0.39 is 11.0 Å². The number of amides is 2. The SMILES string of the molecule is Cc1cc(C(=O)N2CCCC2C(=O)N2CC3CCC(N)C3C2)ccc1[N+](=O)[O-]. The number of benzene rings is 1. The molecular weight excluding hydrogens is 360 g/mol. The zero-order valence-corrected chi connectivity index (χ0v) is 16.0. The molecule has 0 bridgehead atoms. The van der Waals surface area contributed by atoms with Crippen LogP contribution in [0.2, 0.25) is 0 Å². The Bertz CT molecular complexity index is 826. The molecule has 3 fully saturated rings. The lowest BCUT2D eigenvalue weighted by molar-refractivity contribution is -0.385. The number of likely N-dealkylation sites (tertiary alicyclic amines) is 2. The molecule has 0 spiro atoms. The molecule has 3 aliphatic rings. The zero-order valence-electron chi connectivity index (χ0n) is 16.0. The maximum Gasteiger partial charge on any atom is 0.272 e. The van der Waals surface area contributed by atoms with Crippen LogP contribution in [0.4, 0.5) is 5.69 Å². The fraction of sp³-hybridized carbons (Fsp3) is 0.600. The fourth-order valence-corrected chi connectivity index (χ4v) is 5.12. The Morgan fingerprint density at radius 3 is 2.68 bits per heavy atom. The smallest absolute Gasteiger partial charge is 0.272 e. The van der Waals surface area contributed by atoms with Gasteiger partial charge in [-0.05, 0) is 56.6 Å². The van der Waals surface area contributed by atoms with Gasteiger partial charge in [-0.15, -0.1) is 0 Å². The van der Waals surface area contributed by atoms with Crippen LogP contribution < -0.4 is 5.73 Å². The van der Waals surface area contributed by atoms with Crippen LogP contribution in [0.25, 0.3) is 0 Å². The number of hydrogen-bond acceptors (Lipinski definition) is 5. The van der Waals surface area contributed by atoms with Crippen LogP contribution in [0.1, 0.15) is 41.6 Å². The number of carbonyl (C=O) groups excluding carboxylic acids is 2. The molecule has 150 valence electrons. The van der Waals surface area contributed by atoms with E-state index in [0.717, 1.165) is 25.8 Å². The minimum absolute atomic E-state index is 0.00876. The van der Waals surface area contributed by atoms with E-state index in [4.69, 9.17) is 5.73 Å². The topological polar surface area (TPSA) is 110 Å². The number of nitrogens with zero attached hydrogens (tertiary/aromatic N) is 3. The van der Waals surface area contributed by atoms with Gasteiger partial charge in [0.05, 0.1) is 4.92 Å². The summed E-state index contributed by atoms with van der Waals surface area (Å²) in [5, 5.41) is 11.0. The van der Waals surface area contributed by atoms with Crippen molar-refractivity contribution in [3.63, 3.8) is 0 Å². The van der Waals surface area contributed by atoms with Gasteiger partial charge in [0.15, 0.2) is 0 Å². The van der Waals surface area contributed by atoms with Crippen molar-refractivity contribution in [2.24, 2.45) is 17.6 Å². The molecule has 0 aromatic heterocycles. The van der Waals surface area contributed by atoms with Crippen molar-refractivity contribution in [3.05, 3.63) is 39.4 Å². The highest BCUT2D eigenvalue weighted by Gasteiger charge is 2.45. The predicted molar refractivity (Wildman–Crippen MR) is 103 cm³/mol. The molecule has 1 aliphatic carbocycles. The Morgan fingerprint density at radius 1 is 1.21 bits per heavy atom. The molecule has 2 amide bonds. The number of nitrogens with two attached hydrogens (primary N) is 1. The van der Waals surface area contributed by atoms with E-state index in [2.05, 4.69) is 0 Å². The van der Waals surface area contributed by atoms with E-state index in [-0.39, 0.29) is 23.5 Å². The van der Waals surface area contributed by atoms with Crippen molar-refractivity contribution in [3.8, 4) is 0 Å². The Kier molecular flexibility index (Phi) is 4.82. The first-order valence-corrected chi connectivity index (χ1v) is 9.97. The number of carbonyl (C=O) groups is 2. The molecule has 2 aliphatic heterocycles. The number of nitro groups is 1. The average Bonchev–Trinajstić information content (AvgIpc) is 3.37. The van der Waals surface area contributed by atoms with E-state index in [1.165, 1.54) is 12.1 Å². The van der Waals surface area contributed by atoms with Gasteiger partial charge in [0.25, 0.3) is 11.6 Å². The van der Waals surface area contributed by atoms with Crippen LogP contribution in [-0.2, 0) is 4.79 Å². The first-order valence-electron chi connectivity index (χ1n) is 9.97. The molecule has 0 radical (unpaired) electrons. The number of hydrogen-bond donors (Lipinski definition) is 1. The Hall–Kier alpha value is -2.48. The van der Waals surface area contributed by atoms with Gasteiger partial charge in [-0.2, -0.15) is 0 Å². The standard InChI is InChI=1S/C20H26N4O4/c1-12-9-13(5-7-17(12)24(27)28)19(25)23-8-2-3-18(23)20(26)22-10-14-4-6-16(21)15(14)11-22/h5,7,9,14-16,18H,2-4,6,8,10-11,21H2,1H3. The quantitative estimate of drug-likeness (QED) is 0.628. The molecule has 1 saturated carbocycles. The molecule has 4 atom stereocenters. The number of aryl methyl sites for hydroxylation is 1. The largest absolute Gasteiger partial charge is 0.340 e. The molecule has 28 heavy (non-hydrogen) atoms. The highest BCUT2D eigenvalue weighted by Crippen LogP contribution is 2.38. The molecule has 2 N–H and O–H groups in total. The average molecular weight is 386 g/mol. The molecule has 4 rings (SSSR count).